The fourth-order valence-corrected chi connectivity index (χ4v) is 4.63. The van der Waals surface area contributed by atoms with Crippen LogP contribution in [0.15, 0.2) is 58.3 Å². The first-order valence-electron chi connectivity index (χ1n) is 10.0. The van der Waals surface area contributed by atoms with E-state index in [1.54, 1.807) is 71.6 Å². The summed E-state index contributed by atoms with van der Waals surface area (Å²) in [4.78, 5) is 27.9. The molecule has 37 heavy (non-hydrogen) atoms. The number of alkyl halides is 2. The third kappa shape index (κ3) is 17.1. The number of halogens is 4. The molecule has 0 bridgehead atoms. The van der Waals surface area contributed by atoms with Crippen LogP contribution in [-0.4, -0.2) is 81.9 Å². The molecule has 208 valence electrons. The maximum atomic E-state index is 11.7. The normalized spacial score (nSPS) is 10.6. The van der Waals surface area contributed by atoms with E-state index < -0.39 is 11.9 Å². The van der Waals surface area contributed by atoms with Crippen LogP contribution in [0.1, 0.15) is 0 Å². The highest BCUT2D eigenvalue weighted by molar-refractivity contribution is 8.31. The number of thioether (sulfide) groups is 2. The van der Waals surface area contributed by atoms with Gasteiger partial charge in [0.1, 0.15) is 11.5 Å². The maximum absolute atomic E-state index is 11.7. The van der Waals surface area contributed by atoms with Crippen LogP contribution in [0.3, 0.4) is 0 Å². The maximum Gasteiger partial charge on any atom is 0.317 e. The molecule has 8 nitrogen and oxygen atoms in total. The first-order chi connectivity index (χ1) is 17.0. The third-order valence-corrected chi connectivity index (χ3v) is 6.60. The van der Waals surface area contributed by atoms with E-state index in [1.807, 2.05) is 24.3 Å². The van der Waals surface area contributed by atoms with Gasteiger partial charge < -0.3 is 19.3 Å². The van der Waals surface area contributed by atoms with Crippen LogP contribution < -0.4 is 9.47 Å². The molecular weight excluding hydrogens is 630 g/mol. The molecule has 0 fully saturated rings. The van der Waals surface area contributed by atoms with E-state index in [2.05, 4.69) is 21.4 Å². The van der Waals surface area contributed by atoms with E-state index in [0.29, 0.717) is 5.75 Å². The Morgan fingerprint density at radius 3 is 1.51 bits per heavy atom. The Labute approximate surface area is 245 Å². The van der Waals surface area contributed by atoms with E-state index in [1.165, 1.54) is 16.7 Å². The lowest BCUT2D eigenvalue weighted by Gasteiger charge is -2.22. The molecule has 0 unspecified atom stereocenters. The lowest BCUT2D eigenvalue weighted by molar-refractivity contribution is -0.127. The van der Waals surface area contributed by atoms with Gasteiger partial charge in [-0.1, -0.05) is 35.0 Å². The first-order valence-corrected chi connectivity index (χ1v) is 15.7. The average Bonchev–Trinajstić information content (AvgIpc) is 2.81. The molecule has 0 spiro atoms. The second-order valence-electron chi connectivity index (χ2n) is 7.12. The molecular formula is C22H28Cl4N2O6S3. The Morgan fingerprint density at radius 1 is 0.811 bits per heavy atom. The van der Waals surface area contributed by atoms with Crippen molar-refractivity contribution in [2.75, 3.05) is 48.2 Å². The molecule has 2 amide bonds. The van der Waals surface area contributed by atoms with Crippen molar-refractivity contribution in [3.05, 3.63) is 48.5 Å². The molecule has 2 aromatic carbocycles. The second kappa shape index (κ2) is 17.4. The molecule has 15 heteroatoms. The Bertz CT molecular complexity index is 1080. The quantitative estimate of drug-likeness (QED) is 0.157. The molecule has 0 saturated carbocycles. The first kappa shape index (κ1) is 35.8. The molecule has 0 aliphatic heterocycles. The van der Waals surface area contributed by atoms with Gasteiger partial charge in [0.25, 0.3) is 5.91 Å². The van der Waals surface area contributed by atoms with Crippen LogP contribution in [0, 0.1) is 0 Å². The SMILES string of the molecule is COc1ccc(S[13CH2][13C](=O)N(C)C)cc1.COc1ccc(S[13C](Cl)(Cl)[13C](=O)N(C)C)cc1.O=S(=O)(Cl)Cl. The van der Waals surface area contributed by atoms with Crippen molar-refractivity contribution in [3.63, 3.8) is 0 Å². The van der Waals surface area contributed by atoms with Gasteiger partial charge in [0.15, 0.2) is 0 Å². The highest BCUT2D eigenvalue weighted by atomic mass is 36.0. The van der Waals surface area contributed by atoms with Crippen LogP contribution in [0.25, 0.3) is 0 Å². The fourth-order valence-electron chi connectivity index (χ4n) is 2.04. The molecule has 2 rings (SSSR count). The highest BCUT2D eigenvalue weighted by Gasteiger charge is 2.36. The van der Waals surface area contributed by atoms with Gasteiger partial charge in [-0.3, -0.25) is 9.59 Å². The number of nitrogens with zero attached hydrogens (tertiary/aromatic N) is 2. The van der Waals surface area contributed by atoms with Gasteiger partial charge in [-0.15, -0.1) is 11.8 Å². The van der Waals surface area contributed by atoms with Gasteiger partial charge in [0.05, 0.1) is 20.0 Å². The zero-order valence-electron chi connectivity index (χ0n) is 20.9. The van der Waals surface area contributed by atoms with Crippen molar-refractivity contribution in [2.45, 2.75) is 13.5 Å². The summed E-state index contributed by atoms with van der Waals surface area (Å²) in [5.74, 6) is 1.80. The molecule has 0 atom stereocenters. The van der Waals surface area contributed by atoms with Gasteiger partial charge >= 0.3 is 8.26 Å². The highest BCUT2D eigenvalue weighted by Crippen LogP contribution is 2.41. The Balaban J connectivity index is 0.000000596. The number of carbonyl (C=O) groups excluding carboxylic acids is 2. The third-order valence-electron chi connectivity index (χ3n) is 3.88. The van der Waals surface area contributed by atoms with Gasteiger partial charge in [0, 0.05) is 59.3 Å². The number of amides is 2. The lowest BCUT2D eigenvalue weighted by atomic mass is 10.3. The summed E-state index contributed by atoms with van der Waals surface area (Å²) in [5, 5.41) is 0. The summed E-state index contributed by atoms with van der Waals surface area (Å²) >= 11 is 14.6. The van der Waals surface area contributed by atoms with E-state index in [-0.39, 0.29) is 11.8 Å². The van der Waals surface area contributed by atoms with Crippen LogP contribution in [-0.2, 0) is 17.9 Å². The largest absolute Gasteiger partial charge is 0.497 e. The molecule has 2 aromatic rings. The number of methoxy groups -OCH3 is 2. The fraction of sp³-hybridized carbons (Fsp3) is 0.364. The minimum atomic E-state index is -3.72. The second-order valence-corrected chi connectivity index (χ2v) is 14.9. The molecule has 0 heterocycles. The Kier molecular flexibility index (Phi) is 16.8. The monoisotopic (exact) mass is 656 g/mol. The zero-order chi connectivity index (χ0) is 28.8. The minimum absolute atomic E-state index is 0.121. The van der Waals surface area contributed by atoms with Gasteiger partial charge in [0.2, 0.25) is 9.57 Å². The lowest BCUT2D eigenvalue weighted by Crippen LogP contribution is -2.35. The number of ether oxygens (including phenoxy) is 2. The topological polar surface area (TPSA) is 93.2 Å². The smallest absolute Gasteiger partial charge is 0.317 e. The van der Waals surface area contributed by atoms with Crippen molar-refractivity contribution >= 4 is 88.2 Å². The van der Waals surface area contributed by atoms with E-state index in [0.717, 1.165) is 33.1 Å². The van der Waals surface area contributed by atoms with E-state index >= 15 is 0 Å². The summed E-state index contributed by atoms with van der Waals surface area (Å²) in [5.41, 5.74) is 0. The Hall–Kier alpha value is -1.21. The minimum Gasteiger partial charge on any atom is -0.497 e. The van der Waals surface area contributed by atoms with Gasteiger partial charge in [-0.2, -0.15) is 8.42 Å². The molecule has 0 aromatic heterocycles. The van der Waals surface area contributed by atoms with Crippen molar-refractivity contribution in [2.24, 2.45) is 0 Å². The van der Waals surface area contributed by atoms with Crippen LogP contribution >= 0.6 is 68.1 Å². The van der Waals surface area contributed by atoms with Crippen molar-refractivity contribution in [1.29, 1.82) is 0 Å². The summed E-state index contributed by atoms with van der Waals surface area (Å²) in [6, 6.07) is 14.8. The van der Waals surface area contributed by atoms with Gasteiger partial charge in [-0.25, -0.2) is 0 Å². The molecule has 0 N–H and O–H groups in total. The summed E-state index contributed by atoms with van der Waals surface area (Å²) < 4.78 is 26.9. The van der Waals surface area contributed by atoms with Crippen LogP contribution in [0.5, 0.6) is 11.5 Å². The summed E-state index contributed by atoms with van der Waals surface area (Å²) in [6.45, 7) is 0. The number of hydrogen-bond donors (Lipinski definition) is 0. The predicted molar refractivity (Wildman–Crippen MR) is 155 cm³/mol. The number of hydrogen-bond acceptors (Lipinski definition) is 8. The van der Waals surface area contributed by atoms with Gasteiger partial charge in [-0.05, 0) is 48.5 Å². The average molecular weight is 658 g/mol. The van der Waals surface area contributed by atoms with Crippen molar-refractivity contribution in [3.8, 4) is 11.5 Å². The van der Waals surface area contributed by atoms with Crippen LogP contribution in [0.2, 0.25) is 0 Å². The predicted octanol–water partition coefficient (Wildman–Crippen LogP) is 5.59. The summed E-state index contributed by atoms with van der Waals surface area (Å²) in [7, 11) is 14.8. The zero-order valence-corrected chi connectivity index (χ0v) is 26.4. The number of carbonyl (C=O) groups is 2. The van der Waals surface area contributed by atoms with Crippen LogP contribution in [0.4, 0.5) is 0 Å². The van der Waals surface area contributed by atoms with Crippen molar-refractivity contribution in [1.82, 2.24) is 9.80 Å². The molecule has 0 aliphatic rings. The van der Waals surface area contributed by atoms with E-state index in [9.17, 15) is 9.59 Å². The summed E-state index contributed by atoms with van der Waals surface area (Å²) in [6.07, 6.45) is 0. The number of benzene rings is 2. The standard InChI is InChI=1S/C11H13Cl2NO2S.C11H15NO2S.Cl2O2S/c1-14(2)10(15)11(12,13)17-9-6-4-8(16-3)5-7-9;1-12(2)11(13)8-15-10-6-4-9(14-3)5-7-10;1-5(2,3)4/h4-7H,1-3H3;4-7H,8H2,1-3H3;/i10+1,11+1;8+1,11+1;. The van der Waals surface area contributed by atoms with Crippen molar-refractivity contribution < 1.29 is 27.5 Å². The molecule has 0 radical (unpaired) electrons. The molecule has 0 aliphatic carbocycles. The van der Waals surface area contributed by atoms with E-state index in [4.69, 9.17) is 41.1 Å². The Morgan fingerprint density at radius 2 is 1.19 bits per heavy atom. The molecule has 0 saturated heterocycles. The number of rotatable bonds is 8.